The lowest BCUT2D eigenvalue weighted by Crippen LogP contribution is -2.28. The predicted octanol–water partition coefficient (Wildman–Crippen LogP) is 4.69. The van der Waals surface area contributed by atoms with Crippen molar-refractivity contribution in [3.63, 3.8) is 0 Å². The number of para-hydroxylation sites is 1. The van der Waals surface area contributed by atoms with Gasteiger partial charge in [0.25, 0.3) is 5.91 Å². The van der Waals surface area contributed by atoms with Gasteiger partial charge in [-0.25, -0.2) is 4.98 Å². The number of aromatic nitrogens is 1. The molecule has 2 aromatic carbocycles. The first-order valence-electron chi connectivity index (χ1n) is 8.87. The summed E-state index contributed by atoms with van der Waals surface area (Å²) in [6, 6.07) is 18.0. The molecular weight excluding hydrogens is 374 g/mol. The van der Waals surface area contributed by atoms with E-state index in [1.165, 1.54) is 5.69 Å². The summed E-state index contributed by atoms with van der Waals surface area (Å²) in [5.41, 5.74) is 4.80. The molecule has 0 fully saturated rings. The molecule has 1 amide bonds. The maximum atomic E-state index is 12.6. The van der Waals surface area contributed by atoms with E-state index in [1.54, 1.807) is 23.1 Å². The summed E-state index contributed by atoms with van der Waals surface area (Å²) in [4.78, 5) is 20.1. The van der Waals surface area contributed by atoms with Gasteiger partial charge in [0.05, 0.1) is 16.8 Å². The highest BCUT2D eigenvalue weighted by Crippen LogP contribution is 2.26. The number of carbonyl (C=O) groups excluding carboxylic acids is 1. The van der Waals surface area contributed by atoms with Gasteiger partial charge >= 0.3 is 0 Å². The Bertz CT molecular complexity index is 838. The monoisotopic (exact) mass is 397 g/mol. The van der Waals surface area contributed by atoms with Gasteiger partial charge < -0.3 is 10.2 Å². The summed E-state index contributed by atoms with van der Waals surface area (Å²) in [6.45, 7) is 1.55. The van der Waals surface area contributed by atoms with E-state index < -0.39 is 0 Å². The summed E-state index contributed by atoms with van der Waals surface area (Å²) in [7, 11) is 2.07. The largest absolute Gasteiger partial charge is 0.375 e. The molecule has 0 radical (unpaired) electrons. The number of amides is 1. The minimum Gasteiger partial charge on any atom is -0.375 e. The van der Waals surface area contributed by atoms with Gasteiger partial charge in [-0.15, -0.1) is 23.1 Å². The molecule has 3 aromatic rings. The fourth-order valence-corrected chi connectivity index (χ4v) is 4.28. The van der Waals surface area contributed by atoms with Crippen LogP contribution in [0, 0.1) is 0 Å². The number of anilines is 1. The quantitative estimate of drug-likeness (QED) is 0.420. The van der Waals surface area contributed by atoms with Crippen LogP contribution in [0.4, 0.5) is 5.69 Å². The Hall–Kier alpha value is -2.31. The summed E-state index contributed by atoms with van der Waals surface area (Å²) < 4.78 is 0. The van der Waals surface area contributed by atoms with Crippen molar-refractivity contribution in [1.29, 1.82) is 0 Å². The van der Waals surface area contributed by atoms with Crippen molar-refractivity contribution in [3.8, 4) is 0 Å². The highest BCUT2D eigenvalue weighted by Gasteiger charge is 2.11. The van der Waals surface area contributed by atoms with E-state index in [0.717, 1.165) is 34.9 Å². The number of nitrogens with zero attached hydrogens (tertiary/aromatic N) is 2. The van der Waals surface area contributed by atoms with Crippen LogP contribution >= 0.6 is 23.1 Å². The second kappa shape index (κ2) is 10.1. The fraction of sp³-hybridized carbons (Fsp3) is 0.238. The molecule has 1 heterocycles. The Morgan fingerprint density at radius 1 is 1.15 bits per heavy atom. The van der Waals surface area contributed by atoms with Crippen molar-refractivity contribution in [2.75, 3.05) is 25.0 Å². The first kappa shape index (κ1) is 19.5. The first-order chi connectivity index (χ1) is 13.2. The van der Waals surface area contributed by atoms with Crippen LogP contribution in [0.3, 0.4) is 0 Å². The number of rotatable bonds is 9. The number of thioether (sulfide) groups is 1. The molecule has 0 aliphatic carbocycles. The zero-order valence-electron chi connectivity index (χ0n) is 15.3. The molecule has 4 nitrogen and oxygen atoms in total. The number of hydrogen-bond donors (Lipinski definition) is 1. The molecule has 0 atom stereocenters. The molecule has 0 saturated heterocycles. The van der Waals surface area contributed by atoms with Crippen LogP contribution in [-0.2, 0) is 5.75 Å². The molecule has 1 N–H and O–H groups in total. The SMILES string of the molecule is CN(CCCNC(=O)c1ccccc1SCc1cscn1)c1ccccc1. The van der Waals surface area contributed by atoms with Crippen LogP contribution < -0.4 is 10.2 Å². The number of benzene rings is 2. The molecular formula is C21H23N3OS2. The Morgan fingerprint density at radius 3 is 2.70 bits per heavy atom. The van der Waals surface area contributed by atoms with E-state index in [2.05, 4.69) is 34.4 Å². The molecule has 1 aromatic heterocycles. The maximum absolute atomic E-state index is 12.6. The van der Waals surface area contributed by atoms with Crippen LogP contribution in [0.15, 0.2) is 70.4 Å². The number of thiazole rings is 1. The number of nitrogens with one attached hydrogen (secondary N) is 1. The van der Waals surface area contributed by atoms with Gasteiger partial charge in [-0.05, 0) is 30.7 Å². The third-order valence-electron chi connectivity index (χ3n) is 4.14. The lowest BCUT2D eigenvalue weighted by atomic mass is 10.2. The number of carbonyl (C=O) groups is 1. The molecule has 0 aliphatic heterocycles. The van der Waals surface area contributed by atoms with Crippen molar-refractivity contribution >= 4 is 34.7 Å². The van der Waals surface area contributed by atoms with Crippen LogP contribution in [0.2, 0.25) is 0 Å². The fourth-order valence-electron chi connectivity index (χ4n) is 2.67. The number of hydrogen-bond acceptors (Lipinski definition) is 5. The minimum atomic E-state index is -0.0151. The van der Waals surface area contributed by atoms with Gasteiger partial charge in [-0.2, -0.15) is 0 Å². The standard InChI is InChI=1S/C21H23N3OS2/c1-24(18-8-3-2-4-9-18)13-7-12-22-21(25)19-10-5-6-11-20(19)27-15-17-14-26-16-23-17/h2-6,8-11,14,16H,7,12-13,15H2,1H3,(H,22,25). The second-order valence-electron chi connectivity index (χ2n) is 6.13. The van der Waals surface area contributed by atoms with E-state index >= 15 is 0 Å². The molecule has 140 valence electrons. The van der Waals surface area contributed by atoms with Crippen molar-refractivity contribution in [2.45, 2.75) is 17.1 Å². The zero-order chi connectivity index (χ0) is 18.9. The molecule has 0 unspecified atom stereocenters. The average Bonchev–Trinajstić information content (AvgIpc) is 3.24. The molecule has 0 bridgehead atoms. The molecule has 0 spiro atoms. The molecule has 6 heteroatoms. The van der Waals surface area contributed by atoms with Gasteiger partial charge in [0.15, 0.2) is 0 Å². The third kappa shape index (κ3) is 5.84. The van der Waals surface area contributed by atoms with Gasteiger partial charge in [-0.1, -0.05) is 30.3 Å². The Morgan fingerprint density at radius 2 is 1.93 bits per heavy atom. The Kier molecular flexibility index (Phi) is 7.30. The zero-order valence-corrected chi connectivity index (χ0v) is 16.9. The van der Waals surface area contributed by atoms with Crippen LogP contribution in [0.5, 0.6) is 0 Å². The summed E-state index contributed by atoms with van der Waals surface area (Å²) in [5.74, 6) is 0.758. The van der Waals surface area contributed by atoms with Crippen molar-refractivity contribution in [2.24, 2.45) is 0 Å². The van der Waals surface area contributed by atoms with Crippen LogP contribution in [0.1, 0.15) is 22.5 Å². The van der Waals surface area contributed by atoms with Gasteiger partial charge in [-0.3, -0.25) is 4.79 Å². The van der Waals surface area contributed by atoms with Gasteiger partial charge in [0.1, 0.15) is 0 Å². The van der Waals surface area contributed by atoms with Gasteiger partial charge in [0, 0.05) is 41.9 Å². The Balaban J connectivity index is 1.48. The summed E-state index contributed by atoms with van der Waals surface area (Å²) >= 11 is 3.24. The molecule has 0 saturated carbocycles. The normalized spacial score (nSPS) is 10.6. The second-order valence-corrected chi connectivity index (χ2v) is 7.87. The third-order valence-corrected chi connectivity index (χ3v) is 5.89. The highest BCUT2D eigenvalue weighted by molar-refractivity contribution is 7.98. The van der Waals surface area contributed by atoms with Crippen LogP contribution in [-0.4, -0.2) is 31.0 Å². The lowest BCUT2D eigenvalue weighted by Gasteiger charge is -2.19. The molecule has 0 aliphatic rings. The van der Waals surface area contributed by atoms with E-state index in [9.17, 15) is 4.79 Å². The predicted molar refractivity (Wildman–Crippen MR) is 115 cm³/mol. The molecule has 3 rings (SSSR count). The summed E-state index contributed by atoms with van der Waals surface area (Å²) in [5, 5.41) is 5.09. The maximum Gasteiger partial charge on any atom is 0.252 e. The smallest absolute Gasteiger partial charge is 0.252 e. The Labute approximate surface area is 168 Å². The topological polar surface area (TPSA) is 45.2 Å². The average molecular weight is 398 g/mol. The summed E-state index contributed by atoms with van der Waals surface area (Å²) in [6.07, 6.45) is 0.894. The van der Waals surface area contributed by atoms with Crippen LogP contribution in [0.25, 0.3) is 0 Å². The molecule has 27 heavy (non-hydrogen) atoms. The van der Waals surface area contributed by atoms with E-state index in [4.69, 9.17) is 0 Å². The lowest BCUT2D eigenvalue weighted by molar-refractivity contribution is 0.0950. The van der Waals surface area contributed by atoms with E-state index in [0.29, 0.717) is 6.54 Å². The minimum absolute atomic E-state index is 0.0151. The van der Waals surface area contributed by atoms with Crippen molar-refractivity contribution < 1.29 is 4.79 Å². The highest BCUT2D eigenvalue weighted by atomic mass is 32.2. The van der Waals surface area contributed by atoms with E-state index in [-0.39, 0.29) is 5.91 Å². The van der Waals surface area contributed by atoms with Gasteiger partial charge in [0.2, 0.25) is 0 Å². The van der Waals surface area contributed by atoms with Crippen molar-refractivity contribution in [1.82, 2.24) is 10.3 Å². The van der Waals surface area contributed by atoms with E-state index in [1.807, 2.05) is 53.4 Å². The first-order valence-corrected chi connectivity index (χ1v) is 10.8. The van der Waals surface area contributed by atoms with Crippen molar-refractivity contribution in [3.05, 3.63) is 76.7 Å².